The molecular weight excluding hydrogens is 388 g/mol. The van der Waals surface area contributed by atoms with Gasteiger partial charge in [0.15, 0.2) is 5.76 Å². The largest absolute Gasteiger partial charge is 0.507 e. The van der Waals surface area contributed by atoms with Gasteiger partial charge in [0.2, 0.25) is 5.78 Å². The van der Waals surface area contributed by atoms with Crippen LogP contribution in [-0.2, 0) is 0 Å². The number of ketones is 1. The molecule has 3 aromatic carbocycles. The summed E-state index contributed by atoms with van der Waals surface area (Å²) in [5.74, 6) is 0.210. The zero-order valence-corrected chi connectivity index (χ0v) is 17.3. The first kappa shape index (κ1) is 19.1. The molecule has 0 bridgehead atoms. The van der Waals surface area contributed by atoms with Gasteiger partial charge in [-0.05, 0) is 25.5 Å². The fourth-order valence-corrected chi connectivity index (χ4v) is 4.03. The zero-order valence-electron chi connectivity index (χ0n) is 17.3. The van der Waals surface area contributed by atoms with Crippen LogP contribution in [0, 0.1) is 13.8 Å². The highest BCUT2D eigenvalue weighted by molar-refractivity contribution is 6.12. The number of furan rings is 1. The number of rotatable bonds is 4. The van der Waals surface area contributed by atoms with Gasteiger partial charge >= 0.3 is 0 Å². The van der Waals surface area contributed by atoms with Gasteiger partial charge in [-0.25, -0.2) is 0 Å². The van der Waals surface area contributed by atoms with Gasteiger partial charge in [-0.3, -0.25) is 4.79 Å². The number of fused-ring (bicyclic) bond motifs is 1. The lowest BCUT2D eigenvalue weighted by atomic mass is 9.96. The van der Waals surface area contributed by atoms with Crippen molar-refractivity contribution in [1.29, 1.82) is 0 Å². The molecule has 154 valence electrons. The van der Waals surface area contributed by atoms with Gasteiger partial charge in [0.05, 0.1) is 11.8 Å². The second-order valence-electron chi connectivity index (χ2n) is 7.97. The van der Waals surface area contributed by atoms with E-state index in [9.17, 15) is 9.90 Å². The molecule has 0 aliphatic carbocycles. The molecule has 0 fully saturated rings. The molecule has 31 heavy (non-hydrogen) atoms. The Kier molecular flexibility index (Phi) is 4.59. The molecule has 2 heterocycles. The fourth-order valence-electron chi connectivity index (χ4n) is 4.03. The molecule has 0 radical (unpaired) electrons. The minimum absolute atomic E-state index is 0.0614. The number of hydrogen-bond donors (Lipinski definition) is 2. The van der Waals surface area contributed by atoms with Crippen molar-refractivity contribution in [3.63, 3.8) is 0 Å². The van der Waals surface area contributed by atoms with Gasteiger partial charge in [-0.1, -0.05) is 60.2 Å². The first-order valence-electron chi connectivity index (χ1n) is 10.3. The highest BCUT2D eigenvalue weighted by Crippen LogP contribution is 2.35. The Morgan fingerprint density at radius 3 is 2.55 bits per heavy atom. The number of carbonyl (C=O) groups is 1. The molecule has 0 amide bonds. The third kappa shape index (κ3) is 3.38. The molecule has 5 heteroatoms. The van der Waals surface area contributed by atoms with Crippen molar-refractivity contribution in [3.8, 4) is 5.75 Å². The topological polar surface area (TPSA) is 74.8 Å². The van der Waals surface area contributed by atoms with Gasteiger partial charge in [-0.15, -0.1) is 0 Å². The maximum absolute atomic E-state index is 12.9. The van der Waals surface area contributed by atoms with Gasteiger partial charge < -0.3 is 14.9 Å². The second kappa shape index (κ2) is 7.43. The number of carbonyl (C=O) groups excluding carboxylic acids is 1. The summed E-state index contributed by atoms with van der Waals surface area (Å²) in [5.41, 5.74) is 8.78. The second-order valence-corrected chi connectivity index (χ2v) is 7.97. The van der Waals surface area contributed by atoms with Crippen molar-refractivity contribution in [2.75, 3.05) is 0 Å². The average molecular weight is 410 g/mol. The van der Waals surface area contributed by atoms with Crippen LogP contribution in [0.4, 0.5) is 0 Å². The predicted octanol–water partition coefficient (Wildman–Crippen LogP) is 5.42. The van der Waals surface area contributed by atoms with E-state index in [0.29, 0.717) is 28.9 Å². The van der Waals surface area contributed by atoms with E-state index >= 15 is 0 Å². The molecule has 2 N–H and O–H groups in total. The Morgan fingerprint density at radius 1 is 1.06 bits per heavy atom. The van der Waals surface area contributed by atoms with Gasteiger partial charge in [0.25, 0.3) is 0 Å². The average Bonchev–Trinajstić information content (AvgIpc) is 3.39. The Balaban J connectivity index is 1.48. The first-order chi connectivity index (χ1) is 15.0. The molecule has 1 aliphatic rings. The number of aryl methyl sites for hydroxylation is 2. The van der Waals surface area contributed by atoms with Crippen LogP contribution in [0.25, 0.3) is 11.0 Å². The van der Waals surface area contributed by atoms with Crippen LogP contribution in [0.5, 0.6) is 5.75 Å². The van der Waals surface area contributed by atoms with E-state index in [1.54, 1.807) is 18.2 Å². The number of phenols is 1. The van der Waals surface area contributed by atoms with Crippen LogP contribution in [-0.4, -0.2) is 16.6 Å². The number of nitrogens with one attached hydrogen (secondary N) is 1. The van der Waals surface area contributed by atoms with Crippen LogP contribution >= 0.6 is 0 Å². The predicted molar refractivity (Wildman–Crippen MR) is 121 cm³/mol. The lowest BCUT2D eigenvalue weighted by Gasteiger charge is -2.10. The minimum Gasteiger partial charge on any atom is -0.507 e. The summed E-state index contributed by atoms with van der Waals surface area (Å²) in [4.78, 5) is 12.9. The number of phenolic OH excluding ortho intramolecular Hbond substituents is 1. The van der Waals surface area contributed by atoms with Crippen LogP contribution in [0.1, 0.15) is 50.8 Å². The van der Waals surface area contributed by atoms with E-state index < -0.39 is 0 Å². The molecule has 5 nitrogen and oxygen atoms in total. The zero-order chi connectivity index (χ0) is 21.5. The molecule has 0 saturated heterocycles. The molecule has 0 spiro atoms. The van der Waals surface area contributed by atoms with Gasteiger partial charge in [0.1, 0.15) is 11.3 Å². The third-order valence-corrected chi connectivity index (χ3v) is 5.84. The Bertz CT molecular complexity index is 1320. The first-order valence-corrected chi connectivity index (χ1v) is 10.3. The van der Waals surface area contributed by atoms with Crippen molar-refractivity contribution < 1.29 is 14.3 Å². The monoisotopic (exact) mass is 410 g/mol. The van der Waals surface area contributed by atoms with E-state index in [4.69, 9.17) is 4.42 Å². The molecule has 1 aromatic heterocycles. The summed E-state index contributed by atoms with van der Waals surface area (Å²) in [6.45, 7) is 3.93. The molecular formula is C26H22N2O3. The summed E-state index contributed by atoms with van der Waals surface area (Å²) in [6, 6.07) is 20.9. The Hall–Kier alpha value is -3.86. The quantitative estimate of drug-likeness (QED) is 0.440. The number of benzene rings is 3. The van der Waals surface area contributed by atoms with Gasteiger partial charge in [-0.2, -0.15) is 5.10 Å². The molecule has 1 atom stereocenters. The standard InChI is InChI=1S/C26H22N2O3/c1-15-8-10-17(11-9-15)21-13-22(28-27-21)20-12-19-16(2)26(31-24(19)14-23(20)29)25(30)18-6-4-3-5-7-18/h3-12,14,21,27,29H,13H2,1-2H3/t21-/m0/s1. The molecule has 4 aromatic rings. The summed E-state index contributed by atoms with van der Waals surface area (Å²) < 4.78 is 5.85. The normalized spacial score (nSPS) is 15.7. The molecule has 5 rings (SSSR count). The number of hydrogen-bond acceptors (Lipinski definition) is 5. The lowest BCUT2D eigenvalue weighted by molar-refractivity contribution is 0.101. The van der Waals surface area contributed by atoms with Crippen molar-refractivity contribution in [2.24, 2.45) is 5.10 Å². The highest BCUT2D eigenvalue weighted by atomic mass is 16.3. The van der Waals surface area contributed by atoms with Crippen LogP contribution in [0.15, 0.2) is 76.2 Å². The van der Waals surface area contributed by atoms with E-state index in [0.717, 1.165) is 22.2 Å². The summed E-state index contributed by atoms with van der Waals surface area (Å²) in [7, 11) is 0. The van der Waals surface area contributed by atoms with Crippen molar-refractivity contribution in [2.45, 2.75) is 26.3 Å². The summed E-state index contributed by atoms with van der Waals surface area (Å²) >= 11 is 0. The minimum atomic E-state index is -0.172. The molecule has 1 aliphatic heterocycles. The molecule has 0 saturated carbocycles. The SMILES string of the molecule is Cc1ccc([C@@H]2CC(c3cc4c(C)c(C(=O)c5ccccc5)oc4cc3O)=NN2)cc1. The third-order valence-electron chi connectivity index (χ3n) is 5.84. The maximum atomic E-state index is 12.9. The van der Waals surface area contributed by atoms with Crippen molar-refractivity contribution in [3.05, 3.63) is 100 Å². The van der Waals surface area contributed by atoms with Crippen molar-refractivity contribution in [1.82, 2.24) is 5.43 Å². The fraction of sp³-hybridized carbons (Fsp3) is 0.154. The highest BCUT2D eigenvalue weighted by Gasteiger charge is 2.25. The van der Waals surface area contributed by atoms with Crippen LogP contribution < -0.4 is 5.43 Å². The van der Waals surface area contributed by atoms with Crippen LogP contribution in [0.3, 0.4) is 0 Å². The Labute approximate surface area is 180 Å². The van der Waals surface area contributed by atoms with E-state index in [1.807, 2.05) is 31.2 Å². The van der Waals surface area contributed by atoms with Crippen LogP contribution in [0.2, 0.25) is 0 Å². The van der Waals surface area contributed by atoms with Crippen molar-refractivity contribution >= 4 is 22.5 Å². The maximum Gasteiger partial charge on any atom is 0.228 e. The summed E-state index contributed by atoms with van der Waals surface area (Å²) in [5, 5.41) is 15.9. The number of hydrazone groups is 1. The van der Waals surface area contributed by atoms with E-state index in [2.05, 4.69) is 41.7 Å². The number of nitrogens with zero attached hydrogens (tertiary/aromatic N) is 1. The van der Waals surface area contributed by atoms with Gasteiger partial charge in [0, 0.05) is 34.6 Å². The number of aromatic hydroxyl groups is 1. The molecule has 0 unspecified atom stereocenters. The smallest absolute Gasteiger partial charge is 0.228 e. The van der Waals surface area contributed by atoms with E-state index in [-0.39, 0.29) is 17.6 Å². The Morgan fingerprint density at radius 2 is 1.81 bits per heavy atom. The van der Waals surface area contributed by atoms with E-state index in [1.165, 1.54) is 5.56 Å². The summed E-state index contributed by atoms with van der Waals surface area (Å²) in [6.07, 6.45) is 0.662. The lowest BCUT2D eigenvalue weighted by Crippen LogP contribution is -2.09.